The smallest absolute Gasteiger partial charge is 0.338 e. The van der Waals surface area contributed by atoms with E-state index in [9.17, 15) is 4.79 Å². The van der Waals surface area contributed by atoms with Crippen LogP contribution >= 0.6 is 11.3 Å². The molecule has 130 valence electrons. The molecule has 0 fully saturated rings. The number of aromatic nitrogens is 2. The Balaban J connectivity index is 1.64. The minimum Gasteiger partial charge on any atom is -0.493 e. The van der Waals surface area contributed by atoms with Gasteiger partial charge in [-0.2, -0.15) is 4.98 Å². The lowest BCUT2D eigenvalue weighted by molar-refractivity contribution is 0.0459. The van der Waals surface area contributed by atoms with E-state index in [1.54, 1.807) is 18.2 Å². The van der Waals surface area contributed by atoms with Crippen molar-refractivity contribution >= 4 is 17.3 Å². The van der Waals surface area contributed by atoms with Crippen molar-refractivity contribution in [2.75, 3.05) is 13.7 Å². The Morgan fingerprint density at radius 3 is 2.88 bits per heavy atom. The number of esters is 1. The zero-order valence-electron chi connectivity index (χ0n) is 13.7. The normalized spacial score (nSPS) is 10.5. The standard InChI is InChI=1S/C17H16N2O5S/c1-3-22-12-7-6-11(9-13(12)21-2)17(20)23-10-15-18-16(24-19-15)14-5-4-8-25-14/h4-9H,3,10H2,1-2H3. The predicted octanol–water partition coefficient (Wildman–Crippen LogP) is 3.56. The number of thiophene rings is 1. The van der Waals surface area contributed by atoms with Crippen LogP contribution in [0.25, 0.3) is 10.8 Å². The first-order chi connectivity index (χ1) is 12.2. The third kappa shape index (κ3) is 3.97. The first-order valence-electron chi connectivity index (χ1n) is 7.55. The fourth-order valence-electron chi connectivity index (χ4n) is 2.10. The Labute approximate surface area is 148 Å². The Kier molecular flexibility index (Phi) is 5.30. The van der Waals surface area contributed by atoms with Crippen molar-refractivity contribution in [3.05, 3.63) is 47.1 Å². The van der Waals surface area contributed by atoms with Crippen molar-refractivity contribution in [2.45, 2.75) is 13.5 Å². The molecule has 3 rings (SSSR count). The second-order valence-corrected chi connectivity index (χ2v) is 5.82. The maximum Gasteiger partial charge on any atom is 0.338 e. The quantitative estimate of drug-likeness (QED) is 0.596. The molecule has 0 bridgehead atoms. The number of ether oxygens (including phenoxy) is 3. The van der Waals surface area contributed by atoms with Crippen LogP contribution in [0, 0.1) is 0 Å². The van der Waals surface area contributed by atoms with Gasteiger partial charge in [-0.25, -0.2) is 4.79 Å². The molecule has 0 saturated carbocycles. The highest BCUT2D eigenvalue weighted by Crippen LogP contribution is 2.28. The van der Waals surface area contributed by atoms with Crippen LogP contribution in [0.5, 0.6) is 11.5 Å². The molecule has 7 nitrogen and oxygen atoms in total. The Hall–Kier alpha value is -2.87. The minimum atomic E-state index is -0.510. The maximum atomic E-state index is 12.2. The van der Waals surface area contributed by atoms with Crippen LogP contribution in [0.1, 0.15) is 23.1 Å². The third-order valence-corrected chi connectivity index (χ3v) is 4.09. The maximum absolute atomic E-state index is 12.2. The summed E-state index contributed by atoms with van der Waals surface area (Å²) in [4.78, 5) is 17.3. The first-order valence-corrected chi connectivity index (χ1v) is 8.43. The molecule has 0 radical (unpaired) electrons. The molecule has 25 heavy (non-hydrogen) atoms. The van der Waals surface area contributed by atoms with Gasteiger partial charge in [0.25, 0.3) is 5.89 Å². The van der Waals surface area contributed by atoms with Gasteiger partial charge in [0.1, 0.15) is 0 Å². The van der Waals surface area contributed by atoms with Crippen molar-refractivity contribution in [3.8, 4) is 22.3 Å². The summed E-state index contributed by atoms with van der Waals surface area (Å²) in [6.07, 6.45) is 0. The van der Waals surface area contributed by atoms with Crippen molar-refractivity contribution in [2.24, 2.45) is 0 Å². The largest absolute Gasteiger partial charge is 0.493 e. The summed E-state index contributed by atoms with van der Waals surface area (Å²) in [5.74, 6) is 1.23. The molecule has 1 aromatic carbocycles. The Morgan fingerprint density at radius 2 is 2.16 bits per heavy atom. The molecular formula is C17H16N2O5S. The second kappa shape index (κ2) is 7.80. The van der Waals surface area contributed by atoms with E-state index in [1.807, 2.05) is 24.4 Å². The van der Waals surface area contributed by atoms with Gasteiger partial charge in [-0.15, -0.1) is 11.3 Å². The van der Waals surface area contributed by atoms with E-state index < -0.39 is 5.97 Å². The molecule has 3 aromatic rings. The van der Waals surface area contributed by atoms with Gasteiger partial charge in [0.05, 0.1) is 24.2 Å². The van der Waals surface area contributed by atoms with E-state index in [0.717, 1.165) is 4.88 Å². The fraction of sp³-hybridized carbons (Fsp3) is 0.235. The van der Waals surface area contributed by atoms with Crippen LogP contribution in [0.2, 0.25) is 0 Å². The van der Waals surface area contributed by atoms with Crippen LogP contribution in [-0.4, -0.2) is 29.8 Å². The summed E-state index contributed by atoms with van der Waals surface area (Å²) in [7, 11) is 1.51. The molecule has 0 spiro atoms. The van der Waals surface area contributed by atoms with E-state index in [0.29, 0.717) is 35.4 Å². The van der Waals surface area contributed by atoms with Gasteiger partial charge >= 0.3 is 5.97 Å². The van der Waals surface area contributed by atoms with E-state index in [1.165, 1.54) is 18.4 Å². The van der Waals surface area contributed by atoms with Crippen LogP contribution in [0.15, 0.2) is 40.2 Å². The van der Waals surface area contributed by atoms with Gasteiger partial charge in [-0.1, -0.05) is 11.2 Å². The van der Waals surface area contributed by atoms with Crippen molar-refractivity contribution < 1.29 is 23.5 Å². The summed E-state index contributed by atoms with van der Waals surface area (Å²) < 4.78 is 21.0. The summed E-state index contributed by atoms with van der Waals surface area (Å²) >= 11 is 1.49. The van der Waals surface area contributed by atoms with E-state index >= 15 is 0 Å². The van der Waals surface area contributed by atoms with Crippen LogP contribution in [-0.2, 0) is 11.3 Å². The van der Waals surface area contributed by atoms with Gasteiger partial charge in [-0.05, 0) is 36.6 Å². The molecule has 0 aliphatic rings. The molecule has 0 aliphatic carbocycles. The molecule has 0 aliphatic heterocycles. The van der Waals surface area contributed by atoms with Crippen LogP contribution in [0.4, 0.5) is 0 Å². The van der Waals surface area contributed by atoms with Gasteiger partial charge in [-0.3, -0.25) is 0 Å². The average molecular weight is 360 g/mol. The van der Waals surface area contributed by atoms with Crippen molar-refractivity contribution in [1.29, 1.82) is 0 Å². The summed E-state index contributed by atoms with van der Waals surface area (Å²) in [5.41, 5.74) is 0.349. The Morgan fingerprint density at radius 1 is 1.28 bits per heavy atom. The molecule has 8 heteroatoms. The van der Waals surface area contributed by atoms with Gasteiger partial charge in [0.2, 0.25) is 5.82 Å². The lowest BCUT2D eigenvalue weighted by atomic mass is 10.2. The SMILES string of the molecule is CCOc1ccc(C(=O)OCc2noc(-c3cccs3)n2)cc1OC. The number of carbonyl (C=O) groups excluding carboxylic acids is 1. The number of hydrogen-bond acceptors (Lipinski definition) is 8. The number of methoxy groups -OCH3 is 1. The topological polar surface area (TPSA) is 83.7 Å². The lowest BCUT2D eigenvalue weighted by Gasteiger charge is -2.10. The summed E-state index contributed by atoms with van der Waals surface area (Å²) in [6.45, 7) is 2.30. The molecule has 2 heterocycles. The van der Waals surface area contributed by atoms with Crippen LogP contribution < -0.4 is 9.47 Å². The zero-order valence-corrected chi connectivity index (χ0v) is 14.5. The number of rotatable bonds is 7. The zero-order chi connectivity index (χ0) is 17.6. The molecule has 0 atom stereocenters. The highest BCUT2D eigenvalue weighted by molar-refractivity contribution is 7.13. The van der Waals surface area contributed by atoms with Gasteiger partial charge < -0.3 is 18.7 Å². The first kappa shape index (κ1) is 17.0. The van der Waals surface area contributed by atoms with E-state index in [-0.39, 0.29) is 6.61 Å². The molecule has 0 unspecified atom stereocenters. The molecule has 0 N–H and O–H groups in total. The van der Waals surface area contributed by atoms with E-state index in [2.05, 4.69) is 10.1 Å². The fourth-order valence-corrected chi connectivity index (χ4v) is 2.74. The van der Waals surface area contributed by atoms with Crippen molar-refractivity contribution in [3.63, 3.8) is 0 Å². The average Bonchev–Trinajstić information content (AvgIpc) is 3.31. The highest BCUT2D eigenvalue weighted by Gasteiger charge is 2.15. The number of nitrogens with zero attached hydrogens (tertiary/aromatic N) is 2. The third-order valence-electron chi connectivity index (χ3n) is 3.23. The van der Waals surface area contributed by atoms with E-state index in [4.69, 9.17) is 18.7 Å². The predicted molar refractivity (Wildman–Crippen MR) is 90.9 cm³/mol. The van der Waals surface area contributed by atoms with Crippen LogP contribution in [0.3, 0.4) is 0 Å². The number of carbonyl (C=O) groups is 1. The van der Waals surface area contributed by atoms with Gasteiger partial charge in [0, 0.05) is 0 Å². The minimum absolute atomic E-state index is 0.0801. The molecule has 0 amide bonds. The Bertz CT molecular complexity index is 845. The summed E-state index contributed by atoms with van der Waals surface area (Å²) in [6, 6.07) is 8.62. The molecular weight excluding hydrogens is 344 g/mol. The number of benzene rings is 1. The molecule has 0 saturated heterocycles. The summed E-state index contributed by atoms with van der Waals surface area (Å²) in [5, 5.41) is 5.72. The molecule has 2 aromatic heterocycles. The van der Waals surface area contributed by atoms with Crippen molar-refractivity contribution in [1.82, 2.24) is 10.1 Å². The highest BCUT2D eigenvalue weighted by atomic mass is 32.1. The monoisotopic (exact) mass is 360 g/mol. The second-order valence-electron chi connectivity index (χ2n) is 4.87. The lowest BCUT2D eigenvalue weighted by Crippen LogP contribution is -2.07. The van der Waals surface area contributed by atoms with Gasteiger partial charge in [0.15, 0.2) is 18.1 Å². The number of hydrogen-bond donors (Lipinski definition) is 0.